The first-order valence-corrected chi connectivity index (χ1v) is 7.14. The fourth-order valence-corrected chi connectivity index (χ4v) is 2.81. The number of rotatable bonds is 6. The van der Waals surface area contributed by atoms with Gasteiger partial charge in [-0.2, -0.15) is 0 Å². The minimum atomic E-state index is 0.442. The second-order valence-electron chi connectivity index (χ2n) is 4.70. The van der Waals surface area contributed by atoms with E-state index >= 15 is 0 Å². The highest BCUT2D eigenvalue weighted by molar-refractivity contribution is 7.09. The third-order valence-electron chi connectivity index (χ3n) is 3.18. The predicted octanol–water partition coefficient (Wildman–Crippen LogP) is 2.36. The molecule has 2 aromatic heterocycles. The zero-order chi connectivity index (χ0) is 12.4. The van der Waals surface area contributed by atoms with Crippen molar-refractivity contribution in [2.75, 3.05) is 0 Å². The zero-order valence-electron chi connectivity index (χ0n) is 10.2. The Morgan fingerprint density at radius 1 is 1.44 bits per heavy atom. The summed E-state index contributed by atoms with van der Waals surface area (Å²) in [6, 6.07) is 6.96. The molecule has 96 valence electrons. The first-order valence-electron chi connectivity index (χ1n) is 6.26. The Morgan fingerprint density at radius 3 is 2.94 bits per heavy atom. The molecule has 4 nitrogen and oxygen atoms in total. The molecule has 2 aromatic rings. The third-order valence-corrected chi connectivity index (χ3v) is 4.04. The summed E-state index contributed by atoms with van der Waals surface area (Å²) in [7, 11) is 0. The molecule has 1 aliphatic rings. The molecule has 1 aliphatic carbocycles. The summed E-state index contributed by atoms with van der Waals surface area (Å²) in [6.45, 7) is 2.27. The van der Waals surface area contributed by atoms with Gasteiger partial charge in [-0.3, -0.25) is 4.90 Å². The lowest BCUT2D eigenvalue weighted by molar-refractivity contribution is 0.215. The van der Waals surface area contributed by atoms with E-state index in [-0.39, 0.29) is 0 Å². The molecule has 2 heterocycles. The number of hydrogen-bond acceptors (Lipinski definition) is 5. The Hall–Kier alpha value is -1.17. The average molecular weight is 263 g/mol. The van der Waals surface area contributed by atoms with Crippen molar-refractivity contribution in [3.8, 4) is 0 Å². The van der Waals surface area contributed by atoms with Crippen LogP contribution in [0.1, 0.15) is 29.2 Å². The molecule has 3 rings (SSSR count). The summed E-state index contributed by atoms with van der Waals surface area (Å²) in [5, 5.41) is 6.07. The Bertz CT molecular complexity index is 490. The molecule has 2 N–H and O–H groups in total. The van der Waals surface area contributed by atoms with E-state index < -0.39 is 0 Å². The molecule has 0 bridgehead atoms. The predicted molar refractivity (Wildman–Crippen MR) is 71.0 cm³/mol. The third kappa shape index (κ3) is 2.80. The molecule has 18 heavy (non-hydrogen) atoms. The molecule has 0 saturated heterocycles. The smallest absolute Gasteiger partial charge is 0.151 e. The van der Waals surface area contributed by atoms with Crippen LogP contribution >= 0.6 is 11.3 Å². The Morgan fingerprint density at radius 2 is 2.33 bits per heavy atom. The lowest BCUT2D eigenvalue weighted by Gasteiger charge is -2.19. The van der Waals surface area contributed by atoms with Crippen molar-refractivity contribution in [3.63, 3.8) is 0 Å². The maximum Gasteiger partial charge on any atom is 0.151 e. The number of hydrogen-bond donors (Lipinski definition) is 1. The second-order valence-corrected chi connectivity index (χ2v) is 5.74. The van der Waals surface area contributed by atoms with Gasteiger partial charge in [-0.15, -0.1) is 11.3 Å². The van der Waals surface area contributed by atoms with Gasteiger partial charge in [-0.05, 0) is 24.3 Å². The van der Waals surface area contributed by atoms with E-state index in [2.05, 4.69) is 27.6 Å². The Kier molecular flexibility index (Phi) is 3.45. The number of thiophene rings is 1. The summed E-state index contributed by atoms with van der Waals surface area (Å²) >= 11 is 1.81. The van der Waals surface area contributed by atoms with Crippen molar-refractivity contribution in [2.24, 2.45) is 5.73 Å². The standard InChI is InChI=1S/C13H17N3OS/c14-7-10-6-12(17-15-10)8-16(11-3-4-11)9-13-2-1-5-18-13/h1-2,5-6,11H,3-4,7-9,14H2. The van der Waals surface area contributed by atoms with Crippen LogP contribution in [-0.2, 0) is 19.6 Å². The van der Waals surface area contributed by atoms with Gasteiger partial charge in [0.05, 0.1) is 12.2 Å². The van der Waals surface area contributed by atoms with Crippen LogP contribution in [-0.4, -0.2) is 16.1 Å². The van der Waals surface area contributed by atoms with E-state index in [1.54, 1.807) is 0 Å². The van der Waals surface area contributed by atoms with Crippen LogP contribution in [0, 0.1) is 0 Å². The molecule has 0 spiro atoms. The molecular formula is C13H17N3OS. The van der Waals surface area contributed by atoms with Crippen molar-refractivity contribution < 1.29 is 4.52 Å². The van der Waals surface area contributed by atoms with Crippen molar-refractivity contribution in [1.82, 2.24) is 10.1 Å². The van der Waals surface area contributed by atoms with Gasteiger partial charge in [-0.1, -0.05) is 11.2 Å². The maximum absolute atomic E-state index is 5.54. The average Bonchev–Trinajstić information content (AvgIpc) is 2.92. The Balaban J connectivity index is 1.66. The summed E-state index contributed by atoms with van der Waals surface area (Å²) < 4.78 is 5.31. The zero-order valence-corrected chi connectivity index (χ0v) is 11.0. The Labute approximate surface area is 110 Å². The normalized spacial score (nSPS) is 15.4. The first-order chi connectivity index (χ1) is 8.85. The molecule has 0 aromatic carbocycles. The van der Waals surface area contributed by atoms with Gasteiger partial charge >= 0.3 is 0 Å². The SMILES string of the molecule is NCc1cc(CN(Cc2cccs2)C2CC2)on1. The highest BCUT2D eigenvalue weighted by Gasteiger charge is 2.29. The first kappa shape index (κ1) is 11.9. The minimum absolute atomic E-state index is 0.442. The number of nitrogens with two attached hydrogens (primary N) is 1. The largest absolute Gasteiger partial charge is 0.360 e. The molecule has 1 saturated carbocycles. The minimum Gasteiger partial charge on any atom is -0.360 e. The van der Waals surface area contributed by atoms with Crippen LogP contribution in [0.3, 0.4) is 0 Å². The lowest BCUT2D eigenvalue weighted by Crippen LogP contribution is -2.24. The second kappa shape index (κ2) is 5.22. The van der Waals surface area contributed by atoms with Crippen LogP contribution < -0.4 is 5.73 Å². The molecule has 0 atom stereocenters. The van der Waals surface area contributed by atoms with Crippen LogP contribution in [0.25, 0.3) is 0 Å². The number of aromatic nitrogens is 1. The van der Waals surface area contributed by atoms with Crippen molar-refractivity contribution in [1.29, 1.82) is 0 Å². The highest BCUT2D eigenvalue weighted by Crippen LogP contribution is 2.30. The highest BCUT2D eigenvalue weighted by atomic mass is 32.1. The molecule has 5 heteroatoms. The van der Waals surface area contributed by atoms with Crippen LogP contribution in [0.5, 0.6) is 0 Å². The molecule has 0 aliphatic heterocycles. The van der Waals surface area contributed by atoms with Gasteiger partial charge in [0.2, 0.25) is 0 Å². The van der Waals surface area contributed by atoms with Crippen molar-refractivity contribution in [2.45, 2.75) is 38.5 Å². The summed E-state index contributed by atoms with van der Waals surface area (Å²) in [6.07, 6.45) is 2.59. The number of nitrogens with zero attached hydrogens (tertiary/aromatic N) is 2. The molecule has 0 amide bonds. The van der Waals surface area contributed by atoms with Gasteiger partial charge < -0.3 is 10.3 Å². The van der Waals surface area contributed by atoms with E-state index in [1.165, 1.54) is 17.7 Å². The van der Waals surface area contributed by atoms with Gasteiger partial charge in [-0.25, -0.2) is 0 Å². The van der Waals surface area contributed by atoms with E-state index in [0.717, 1.165) is 24.5 Å². The monoisotopic (exact) mass is 263 g/mol. The molecule has 0 radical (unpaired) electrons. The quantitative estimate of drug-likeness (QED) is 0.869. The fraction of sp³-hybridized carbons (Fsp3) is 0.462. The van der Waals surface area contributed by atoms with E-state index in [1.807, 2.05) is 17.4 Å². The molecule has 1 fully saturated rings. The van der Waals surface area contributed by atoms with Gasteiger partial charge in [0, 0.05) is 30.1 Å². The summed E-state index contributed by atoms with van der Waals surface area (Å²) in [5.41, 5.74) is 6.37. The topological polar surface area (TPSA) is 55.3 Å². The van der Waals surface area contributed by atoms with Crippen LogP contribution in [0.2, 0.25) is 0 Å². The summed E-state index contributed by atoms with van der Waals surface area (Å²) in [5.74, 6) is 0.916. The van der Waals surface area contributed by atoms with Gasteiger partial charge in [0.15, 0.2) is 5.76 Å². The van der Waals surface area contributed by atoms with E-state index in [0.29, 0.717) is 12.6 Å². The van der Waals surface area contributed by atoms with Gasteiger partial charge in [0.25, 0.3) is 0 Å². The van der Waals surface area contributed by atoms with E-state index in [4.69, 9.17) is 10.3 Å². The molecule has 0 unspecified atom stereocenters. The summed E-state index contributed by atoms with van der Waals surface area (Å²) in [4.78, 5) is 3.87. The lowest BCUT2D eigenvalue weighted by atomic mass is 10.3. The van der Waals surface area contributed by atoms with E-state index in [9.17, 15) is 0 Å². The van der Waals surface area contributed by atoms with Crippen LogP contribution in [0.15, 0.2) is 28.1 Å². The van der Waals surface area contributed by atoms with Crippen LogP contribution in [0.4, 0.5) is 0 Å². The van der Waals surface area contributed by atoms with Crippen molar-refractivity contribution >= 4 is 11.3 Å². The maximum atomic E-state index is 5.54. The van der Waals surface area contributed by atoms with Crippen molar-refractivity contribution in [3.05, 3.63) is 39.9 Å². The molecular weight excluding hydrogens is 246 g/mol. The van der Waals surface area contributed by atoms with Gasteiger partial charge in [0.1, 0.15) is 0 Å². The fourth-order valence-electron chi connectivity index (χ4n) is 2.08.